The Morgan fingerprint density at radius 3 is 2.48 bits per heavy atom. The van der Waals surface area contributed by atoms with E-state index in [1.165, 1.54) is 11.3 Å². The maximum atomic E-state index is 12.6. The molecule has 1 amide bonds. The van der Waals surface area contributed by atoms with Crippen LogP contribution < -0.4 is 10.9 Å². The number of aryl methyl sites for hydroxylation is 2. The van der Waals surface area contributed by atoms with Crippen LogP contribution in [0.2, 0.25) is 0 Å². The van der Waals surface area contributed by atoms with Crippen molar-refractivity contribution in [1.29, 1.82) is 0 Å². The Balaban J connectivity index is 1.79. The van der Waals surface area contributed by atoms with E-state index < -0.39 is 5.63 Å². The Morgan fingerprint density at radius 1 is 1.00 bits per heavy atom. The van der Waals surface area contributed by atoms with E-state index in [4.69, 9.17) is 4.42 Å². The van der Waals surface area contributed by atoms with Crippen molar-refractivity contribution >= 4 is 44.0 Å². The first-order valence-electron chi connectivity index (χ1n) is 7.86. The quantitative estimate of drug-likeness (QED) is 0.525. The number of benzene rings is 2. The molecule has 0 fully saturated rings. The van der Waals surface area contributed by atoms with E-state index in [9.17, 15) is 9.59 Å². The molecule has 0 saturated heterocycles. The molecule has 2 aromatic carbocycles. The first-order chi connectivity index (χ1) is 12.0. The van der Waals surface area contributed by atoms with Gasteiger partial charge in [0.2, 0.25) is 0 Å². The molecule has 0 aliphatic rings. The highest BCUT2D eigenvalue weighted by atomic mass is 32.1. The topological polar surface area (TPSA) is 59.3 Å². The van der Waals surface area contributed by atoms with E-state index in [2.05, 4.69) is 5.32 Å². The fourth-order valence-corrected chi connectivity index (χ4v) is 4.06. The molecule has 124 valence electrons. The number of fused-ring (bicyclic) bond motifs is 3. The second kappa shape index (κ2) is 5.86. The zero-order chi connectivity index (χ0) is 17.6. The summed E-state index contributed by atoms with van der Waals surface area (Å²) in [6.45, 7) is 3.97. The number of amides is 1. The average molecular weight is 349 g/mol. The van der Waals surface area contributed by atoms with Crippen LogP contribution in [0.3, 0.4) is 0 Å². The van der Waals surface area contributed by atoms with Gasteiger partial charge in [-0.15, -0.1) is 11.3 Å². The van der Waals surface area contributed by atoms with Crippen LogP contribution in [0.4, 0.5) is 5.69 Å². The average Bonchev–Trinajstić information content (AvgIpc) is 3.00. The normalized spacial score (nSPS) is 11.1. The zero-order valence-electron chi connectivity index (χ0n) is 13.8. The van der Waals surface area contributed by atoms with Gasteiger partial charge in [-0.2, -0.15) is 0 Å². The maximum absolute atomic E-state index is 12.6. The van der Waals surface area contributed by atoms with Gasteiger partial charge >= 0.3 is 5.63 Å². The van der Waals surface area contributed by atoms with Gasteiger partial charge in [0.05, 0.1) is 15.0 Å². The lowest BCUT2D eigenvalue weighted by Gasteiger charge is -2.06. The number of carbonyl (C=O) groups is 1. The Morgan fingerprint density at radius 2 is 1.72 bits per heavy atom. The largest absolute Gasteiger partial charge is 0.422 e. The van der Waals surface area contributed by atoms with Crippen LogP contribution in [-0.2, 0) is 0 Å². The van der Waals surface area contributed by atoms with Gasteiger partial charge < -0.3 is 9.73 Å². The summed E-state index contributed by atoms with van der Waals surface area (Å²) in [5.41, 5.74) is 3.02. The van der Waals surface area contributed by atoms with Gasteiger partial charge in [-0.25, -0.2) is 4.79 Å². The van der Waals surface area contributed by atoms with E-state index in [0.29, 0.717) is 15.8 Å². The SMILES string of the molecule is Cc1cc(C)cc(NC(=O)c2cc3c(=O)oc4ccccc4c3s2)c1. The molecule has 4 nitrogen and oxygen atoms in total. The van der Waals surface area contributed by atoms with Gasteiger partial charge in [0, 0.05) is 11.1 Å². The van der Waals surface area contributed by atoms with Crippen molar-refractivity contribution in [2.24, 2.45) is 0 Å². The molecule has 2 aromatic heterocycles. The highest BCUT2D eigenvalue weighted by Gasteiger charge is 2.16. The van der Waals surface area contributed by atoms with Gasteiger partial charge in [-0.3, -0.25) is 4.79 Å². The molecule has 0 atom stereocenters. The number of anilines is 1. The minimum atomic E-state index is -0.421. The summed E-state index contributed by atoms with van der Waals surface area (Å²) in [6, 6.07) is 14.8. The fraction of sp³-hybridized carbons (Fsp3) is 0.100. The standard InChI is InChI=1S/C20H15NO3S/c1-11-7-12(2)9-13(8-11)21-19(22)17-10-15-18(25-17)14-5-3-4-6-16(14)24-20(15)23/h3-10H,1-2H3,(H,21,22). The second-order valence-corrected chi connectivity index (χ2v) is 7.12. The molecule has 1 N–H and O–H groups in total. The second-order valence-electron chi connectivity index (χ2n) is 6.07. The van der Waals surface area contributed by atoms with Crippen LogP contribution >= 0.6 is 11.3 Å². The highest BCUT2D eigenvalue weighted by Crippen LogP contribution is 2.31. The molecule has 4 rings (SSSR count). The lowest BCUT2D eigenvalue weighted by atomic mass is 10.1. The Hall–Kier alpha value is -2.92. The van der Waals surface area contributed by atoms with Crippen molar-refractivity contribution in [3.63, 3.8) is 0 Å². The molecular formula is C20H15NO3S. The van der Waals surface area contributed by atoms with Crippen molar-refractivity contribution in [1.82, 2.24) is 0 Å². The number of nitrogens with one attached hydrogen (secondary N) is 1. The van der Waals surface area contributed by atoms with Crippen LogP contribution in [0.25, 0.3) is 21.1 Å². The molecule has 0 radical (unpaired) electrons. The number of rotatable bonds is 2. The van der Waals surface area contributed by atoms with Gasteiger partial charge in [0.1, 0.15) is 5.58 Å². The third kappa shape index (κ3) is 2.83. The highest BCUT2D eigenvalue weighted by molar-refractivity contribution is 7.21. The monoisotopic (exact) mass is 349 g/mol. The fourth-order valence-electron chi connectivity index (χ4n) is 2.99. The van der Waals surface area contributed by atoms with Crippen molar-refractivity contribution < 1.29 is 9.21 Å². The number of para-hydroxylation sites is 1. The number of thiophene rings is 1. The van der Waals surface area contributed by atoms with E-state index in [0.717, 1.165) is 26.9 Å². The van der Waals surface area contributed by atoms with Crippen molar-refractivity contribution in [3.8, 4) is 0 Å². The summed E-state index contributed by atoms with van der Waals surface area (Å²) in [5.74, 6) is -0.227. The van der Waals surface area contributed by atoms with Crippen LogP contribution in [-0.4, -0.2) is 5.91 Å². The Bertz CT molecular complexity index is 1170. The van der Waals surface area contributed by atoms with E-state index in [1.807, 2.05) is 50.2 Å². The van der Waals surface area contributed by atoms with Crippen LogP contribution in [0.1, 0.15) is 20.8 Å². The summed E-state index contributed by atoms with van der Waals surface area (Å²) in [7, 11) is 0. The number of hydrogen-bond donors (Lipinski definition) is 1. The Labute approximate surface area is 147 Å². The zero-order valence-corrected chi connectivity index (χ0v) is 14.6. The third-order valence-electron chi connectivity index (χ3n) is 3.99. The van der Waals surface area contributed by atoms with E-state index >= 15 is 0 Å². The number of carbonyl (C=O) groups excluding carboxylic acids is 1. The molecule has 0 unspecified atom stereocenters. The van der Waals surface area contributed by atoms with Gasteiger partial charge in [0.25, 0.3) is 5.91 Å². The van der Waals surface area contributed by atoms with Gasteiger partial charge in [-0.1, -0.05) is 18.2 Å². The van der Waals surface area contributed by atoms with Crippen molar-refractivity contribution in [3.05, 3.63) is 75.0 Å². The smallest absolute Gasteiger partial charge is 0.345 e. The van der Waals surface area contributed by atoms with Crippen LogP contribution in [0, 0.1) is 13.8 Å². The molecule has 0 aliphatic carbocycles. The van der Waals surface area contributed by atoms with Crippen molar-refractivity contribution in [2.45, 2.75) is 13.8 Å². The molecule has 0 saturated carbocycles. The summed E-state index contributed by atoms with van der Waals surface area (Å²) in [5, 5.41) is 4.19. The molecule has 5 heteroatoms. The molecule has 4 aromatic rings. The minimum absolute atomic E-state index is 0.227. The predicted octanol–water partition coefficient (Wildman–Crippen LogP) is 4.88. The summed E-state index contributed by atoms with van der Waals surface area (Å²) < 4.78 is 6.11. The minimum Gasteiger partial charge on any atom is -0.422 e. The third-order valence-corrected chi connectivity index (χ3v) is 5.16. The first-order valence-corrected chi connectivity index (χ1v) is 8.68. The lowest BCUT2D eigenvalue weighted by Crippen LogP contribution is -2.10. The summed E-state index contributed by atoms with van der Waals surface area (Å²) >= 11 is 1.30. The lowest BCUT2D eigenvalue weighted by molar-refractivity contribution is 0.103. The molecule has 0 spiro atoms. The maximum Gasteiger partial charge on any atom is 0.345 e. The molecular weight excluding hydrogens is 334 g/mol. The molecule has 25 heavy (non-hydrogen) atoms. The summed E-state index contributed by atoms with van der Waals surface area (Å²) in [6.07, 6.45) is 0. The first kappa shape index (κ1) is 15.6. The van der Waals surface area contributed by atoms with Crippen LogP contribution in [0.5, 0.6) is 0 Å². The molecule has 2 heterocycles. The predicted molar refractivity (Wildman–Crippen MR) is 102 cm³/mol. The molecule has 0 aliphatic heterocycles. The van der Waals surface area contributed by atoms with E-state index in [-0.39, 0.29) is 5.91 Å². The van der Waals surface area contributed by atoms with Gasteiger partial charge in [0.15, 0.2) is 0 Å². The van der Waals surface area contributed by atoms with Crippen molar-refractivity contribution in [2.75, 3.05) is 5.32 Å². The van der Waals surface area contributed by atoms with Gasteiger partial charge in [-0.05, 0) is 55.3 Å². The van der Waals surface area contributed by atoms with Crippen LogP contribution in [0.15, 0.2) is 57.7 Å². The van der Waals surface area contributed by atoms with E-state index in [1.54, 1.807) is 12.1 Å². The number of hydrogen-bond acceptors (Lipinski definition) is 4. The summed E-state index contributed by atoms with van der Waals surface area (Å²) in [4.78, 5) is 25.3. The molecule has 0 bridgehead atoms. The Kier molecular flexibility index (Phi) is 3.66.